The van der Waals surface area contributed by atoms with Gasteiger partial charge in [-0.25, -0.2) is 8.42 Å². The summed E-state index contributed by atoms with van der Waals surface area (Å²) >= 11 is 0. The van der Waals surface area contributed by atoms with Crippen LogP contribution in [0.5, 0.6) is 11.5 Å². The van der Waals surface area contributed by atoms with E-state index in [1.807, 2.05) is 13.8 Å². The van der Waals surface area contributed by atoms with Crippen LogP contribution in [0.25, 0.3) is 0 Å². The molecule has 17 heavy (non-hydrogen) atoms. The third-order valence-corrected chi connectivity index (χ3v) is 2.62. The Hall–Kier alpha value is -0.270. The van der Waals surface area contributed by atoms with Crippen molar-refractivity contribution in [2.75, 3.05) is 7.11 Å². The molecule has 0 radical (unpaired) electrons. The summed E-state index contributed by atoms with van der Waals surface area (Å²) in [4.78, 5) is -0.333. The van der Waals surface area contributed by atoms with Crippen LogP contribution in [0, 0.1) is 0 Å². The maximum atomic E-state index is 10.8. The van der Waals surface area contributed by atoms with Crippen molar-refractivity contribution in [1.29, 1.82) is 0 Å². The van der Waals surface area contributed by atoms with E-state index in [-0.39, 0.29) is 46.3 Å². The van der Waals surface area contributed by atoms with Crippen molar-refractivity contribution < 1.29 is 52.0 Å². The maximum absolute atomic E-state index is 10.8. The normalized spacial score (nSPS) is 10.9. The van der Waals surface area contributed by atoms with Crippen molar-refractivity contribution in [1.82, 2.24) is 0 Å². The zero-order valence-electron chi connectivity index (χ0n) is 10.3. The van der Waals surface area contributed by atoms with Crippen LogP contribution >= 0.6 is 0 Å². The largest absolute Gasteiger partial charge is 1.00 e. The first-order valence-electron chi connectivity index (χ1n) is 4.65. The molecule has 1 aromatic rings. The van der Waals surface area contributed by atoms with E-state index in [0.29, 0.717) is 5.75 Å². The van der Waals surface area contributed by atoms with Gasteiger partial charge in [-0.1, -0.05) is 0 Å². The molecule has 0 saturated carbocycles. The summed E-state index contributed by atoms with van der Waals surface area (Å²) in [6.45, 7) is 3.66. The molecule has 0 bridgehead atoms. The van der Waals surface area contributed by atoms with E-state index in [1.54, 1.807) is 0 Å². The van der Waals surface area contributed by atoms with Gasteiger partial charge in [0.1, 0.15) is 10.1 Å². The quantitative estimate of drug-likeness (QED) is 0.485. The average Bonchev–Trinajstić information content (AvgIpc) is 2.15. The van der Waals surface area contributed by atoms with E-state index < -0.39 is 10.1 Å². The molecule has 0 atom stereocenters. The average molecular weight is 268 g/mol. The van der Waals surface area contributed by atoms with Gasteiger partial charge in [-0.3, -0.25) is 0 Å². The first kappa shape index (κ1) is 16.7. The maximum Gasteiger partial charge on any atom is 1.00 e. The Labute approximate surface area is 123 Å². The van der Waals surface area contributed by atoms with Crippen molar-refractivity contribution in [3.63, 3.8) is 0 Å². The minimum absolute atomic E-state index is 0. The van der Waals surface area contributed by atoms with Gasteiger partial charge in [0.05, 0.1) is 18.1 Å². The molecule has 1 rings (SSSR count). The van der Waals surface area contributed by atoms with Crippen molar-refractivity contribution in [3.05, 3.63) is 18.2 Å². The molecule has 90 valence electrons. The van der Waals surface area contributed by atoms with E-state index in [0.717, 1.165) is 6.07 Å². The Morgan fingerprint density at radius 2 is 1.82 bits per heavy atom. The van der Waals surface area contributed by atoms with Gasteiger partial charge in [0, 0.05) is 6.07 Å². The Bertz CT molecular complexity index is 470. The molecule has 0 heterocycles. The second-order valence-electron chi connectivity index (χ2n) is 3.43. The van der Waals surface area contributed by atoms with Gasteiger partial charge in [0.2, 0.25) is 0 Å². The molecule has 5 nitrogen and oxygen atoms in total. The molecule has 1 aromatic carbocycles. The molecule has 0 saturated heterocycles. The Balaban J connectivity index is 0.00000256. The van der Waals surface area contributed by atoms with E-state index in [4.69, 9.17) is 9.47 Å². The Kier molecular flexibility index (Phi) is 6.50. The first-order chi connectivity index (χ1) is 7.34. The molecule has 0 amide bonds. The third kappa shape index (κ3) is 4.85. The van der Waals surface area contributed by atoms with E-state index in [1.165, 1.54) is 19.2 Å². The molecule has 7 heteroatoms. The summed E-state index contributed by atoms with van der Waals surface area (Å²) in [5.74, 6) is 0.635. The number of methoxy groups -OCH3 is 1. The molecule has 0 fully saturated rings. The van der Waals surface area contributed by atoms with Crippen LogP contribution in [-0.2, 0) is 10.1 Å². The molecule has 0 N–H and O–H groups in total. The predicted molar refractivity (Wildman–Crippen MR) is 56.7 cm³/mol. The molecule has 0 spiro atoms. The fraction of sp³-hybridized carbons (Fsp3) is 0.400. The van der Waals surface area contributed by atoms with Crippen LogP contribution in [-0.4, -0.2) is 26.2 Å². The van der Waals surface area contributed by atoms with Gasteiger partial charge in [0.15, 0.2) is 11.5 Å². The first-order valence-corrected chi connectivity index (χ1v) is 6.06. The van der Waals surface area contributed by atoms with Crippen LogP contribution in [0.15, 0.2) is 23.1 Å². The third-order valence-electron chi connectivity index (χ3n) is 1.79. The molecule has 0 aliphatic carbocycles. The molecule has 0 aliphatic heterocycles. The zero-order valence-corrected chi connectivity index (χ0v) is 13.1. The van der Waals surface area contributed by atoms with Gasteiger partial charge in [-0.2, -0.15) is 0 Å². The summed E-state index contributed by atoms with van der Waals surface area (Å²) in [5.41, 5.74) is 0. The van der Waals surface area contributed by atoms with Gasteiger partial charge >= 0.3 is 29.6 Å². The second kappa shape index (κ2) is 6.61. The second-order valence-corrected chi connectivity index (χ2v) is 4.81. The number of rotatable bonds is 4. The molecule has 0 aromatic heterocycles. The van der Waals surface area contributed by atoms with Gasteiger partial charge in [0.25, 0.3) is 0 Å². The number of benzene rings is 1. The van der Waals surface area contributed by atoms with Crippen molar-refractivity contribution in [2.45, 2.75) is 24.8 Å². The fourth-order valence-electron chi connectivity index (χ4n) is 1.15. The van der Waals surface area contributed by atoms with Crippen LogP contribution in [0.2, 0.25) is 0 Å². The number of ether oxygens (including phenoxy) is 2. The minimum atomic E-state index is -4.47. The summed E-state index contributed by atoms with van der Waals surface area (Å²) in [6.07, 6.45) is -0.0661. The van der Waals surface area contributed by atoms with Crippen LogP contribution < -0.4 is 39.0 Å². The zero-order chi connectivity index (χ0) is 12.3. The molecular weight excluding hydrogens is 255 g/mol. The monoisotopic (exact) mass is 268 g/mol. The molecular formula is C10H13NaO5S. The summed E-state index contributed by atoms with van der Waals surface area (Å²) < 4.78 is 42.7. The Morgan fingerprint density at radius 3 is 2.24 bits per heavy atom. The summed E-state index contributed by atoms with van der Waals surface area (Å²) in [7, 11) is -3.09. The van der Waals surface area contributed by atoms with E-state index >= 15 is 0 Å². The minimum Gasteiger partial charge on any atom is -0.744 e. The van der Waals surface area contributed by atoms with Gasteiger partial charge in [-0.05, 0) is 26.0 Å². The summed E-state index contributed by atoms with van der Waals surface area (Å²) in [5, 5.41) is 0. The molecule has 0 aliphatic rings. The van der Waals surface area contributed by atoms with Gasteiger partial charge < -0.3 is 14.0 Å². The van der Waals surface area contributed by atoms with E-state index in [2.05, 4.69) is 0 Å². The van der Waals surface area contributed by atoms with E-state index in [9.17, 15) is 13.0 Å². The Morgan fingerprint density at radius 1 is 1.24 bits per heavy atom. The fourth-order valence-corrected chi connectivity index (χ4v) is 1.64. The van der Waals surface area contributed by atoms with Crippen molar-refractivity contribution in [2.24, 2.45) is 0 Å². The smallest absolute Gasteiger partial charge is 0.744 e. The topological polar surface area (TPSA) is 75.7 Å². The predicted octanol–water partition coefficient (Wildman–Crippen LogP) is -1.61. The van der Waals surface area contributed by atoms with Crippen molar-refractivity contribution in [3.8, 4) is 11.5 Å². The van der Waals surface area contributed by atoms with Crippen molar-refractivity contribution >= 4 is 10.1 Å². The van der Waals surface area contributed by atoms with Crippen LogP contribution in [0.1, 0.15) is 13.8 Å². The van der Waals surface area contributed by atoms with Gasteiger partial charge in [-0.15, -0.1) is 0 Å². The SMILES string of the molecule is COc1cc(S(=O)(=O)[O-])ccc1OC(C)C.[Na+]. The summed E-state index contributed by atoms with van der Waals surface area (Å²) in [6, 6.07) is 3.76. The number of hydrogen-bond acceptors (Lipinski definition) is 5. The van der Waals surface area contributed by atoms with Crippen LogP contribution in [0.3, 0.4) is 0 Å². The number of hydrogen-bond donors (Lipinski definition) is 0. The standard InChI is InChI=1S/C10H14O5S.Na/c1-7(2)15-9-5-4-8(16(11,12)13)6-10(9)14-3;/h4-7H,1-3H3,(H,11,12,13);/q;+1/p-1. The molecule has 0 unspecified atom stereocenters. The van der Waals surface area contributed by atoms with Crippen LogP contribution in [0.4, 0.5) is 0 Å².